The molecule has 0 bridgehead atoms. The smallest absolute Gasteiger partial charge is 0.304 e. The van der Waals surface area contributed by atoms with E-state index in [1.807, 2.05) is 0 Å². The van der Waals surface area contributed by atoms with E-state index in [2.05, 4.69) is 15.9 Å². The topological polar surface area (TPSA) is 55.8 Å². The first kappa shape index (κ1) is 18.6. The molecule has 0 fully saturated rings. The molecule has 2 aromatic carbocycles. The van der Waals surface area contributed by atoms with Gasteiger partial charge in [0.15, 0.2) is 5.75 Å². The Hall–Kier alpha value is -1.14. The molecule has 0 saturated heterocycles. The number of fused-ring (bicyclic) bond motifs is 1. The molecular formula is C17H12BrCl3O4. The van der Waals surface area contributed by atoms with Crippen LogP contribution in [0.4, 0.5) is 0 Å². The van der Waals surface area contributed by atoms with E-state index in [1.54, 1.807) is 24.3 Å². The van der Waals surface area contributed by atoms with E-state index in [9.17, 15) is 4.79 Å². The highest BCUT2D eigenvalue weighted by atomic mass is 79.9. The summed E-state index contributed by atoms with van der Waals surface area (Å²) in [5.41, 5.74) is 1.52. The van der Waals surface area contributed by atoms with Crippen molar-refractivity contribution in [1.29, 1.82) is 0 Å². The van der Waals surface area contributed by atoms with E-state index in [1.165, 1.54) is 0 Å². The predicted octanol–water partition coefficient (Wildman–Crippen LogP) is 5.94. The Bertz CT molecular complexity index is 841. The minimum atomic E-state index is -0.883. The van der Waals surface area contributed by atoms with Crippen molar-refractivity contribution in [3.63, 3.8) is 0 Å². The lowest BCUT2D eigenvalue weighted by atomic mass is 9.98. The van der Waals surface area contributed by atoms with Gasteiger partial charge in [-0.1, -0.05) is 40.9 Å². The fourth-order valence-electron chi connectivity index (χ4n) is 2.63. The van der Waals surface area contributed by atoms with Crippen molar-refractivity contribution in [2.45, 2.75) is 18.9 Å². The molecule has 2 aromatic rings. The van der Waals surface area contributed by atoms with Gasteiger partial charge in [-0.05, 0) is 34.1 Å². The quantitative estimate of drug-likeness (QED) is 0.593. The molecule has 0 spiro atoms. The van der Waals surface area contributed by atoms with Gasteiger partial charge >= 0.3 is 5.97 Å². The highest BCUT2D eigenvalue weighted by Crippen LogP contribution is 2.49. The normalized spacial score (nSPS) is 15.6. The number of benzene rings is 2. The lowest BCUT2D eigenvalue weighted by Crippen LogP contribution is -2.07. The average Bonchev–Trinajstić information content (AvgIpc) is 2.91. The summed E-state index contributed by atoms with van der Waals surface area (Å²) in [5, 5.41) is 10.4. The van der Waals surface area contributed by atoms with Crippen LogP contribution in [0.5, 0.6) is 11.5 Å². The molecule has 3 rings (SSSR count). The summed E-state index contributed by atoms with van der Waals surface area (Å²) in [4.78, 5) is 11.0. The van der Waals surface area contributed by atoms with Gasteiger partial charge in [-0.25, -0.2) is 0 Å². The molecule has 0 unspecified atom stereocenters. The maximum absolute atomic E-state index is 11.0. The van der Waals surface area contributed by atoms with Gasteiger partial charge in [0.2, 0.25) is 0 Å². The van der Waals surface area contributed by atoms with E-state index in [0.717, 1.165) is 11.1 Å². The highest BCUT2D eigenvalue weighted by Gasteiger charge is 2.31. The van der Waals surface area contributed by atoms with Crippen LogP contribution in [0.2, 0.25) is 15.1 Å². The average molecular weight is 467 g/mol. The molecular weight excluding hydrogens is 454 g/mol. The number of carboxylic acids is 1. The monoisotopic (exact) mass is 464 g/mol. The molecule has 25 heavy (non-hydrogen) atoms. The Balaban J connectivity index is 1.85. The maximum Gasteiger partial charge on any atom is 0.304 e. The van der Waals surface area contributed by atoms with Crippen molar-refractivity contribution in [2.24, 2.45) is 0 Å². The number of carboxylic acid groups (broad SMARTS) is 1. The van der Waals surface area contributed by atoms with Crippen LogP contribution in [0, 0.1) is 0 Å². The number of carbonyl (C=O) groups is 1. The number of ether oxygens (including phenoxy) is 2. The van der Waals surface area contributed by atoms with Gasteiger partial charge < -0.3 is 14.6 Å². The Morgan fingerprint density at radius 2 is 2.04 bits per heavy atom. The fourth-order valence-corrected chi connectivity index (χ4v) is 4.14. The second-order valence-corrected chi connectivity index (χ2v) is 7.59. The minimum Gasteiger partial charge on any atom is -0.491 e. The van der Waals surface area contributed by atoms with Crippen LogP contribution >= 0.6 is 50.7 Å². The third-order valence-corrected chi connectivity index (χ3v) is 5.42. The molecule has 0 saturated carbocycles. The third-order valence-electron chi connectivity index (χ3n) is 3.84. The Labute approximate surface area is 167 Å². The summed E-state index contributed by atoms with van der Waals surface area (Å²) in [6.07, 6.45) is -0.0175. The molecule has 0 radical (unpaired) electrons. The fraction of sp³-hybridized carbons (Fsp3) is 0.235. The van der Waals surface area contributed by atoms with E-state index in [4.69, 9.17) is 49.4 Å². The zero-order chi connectivity index (χ0) is 18.1. The van der Waals surface area contributed by atoms with Crippen molar-refractivity contribution < 1.29 is 19.4 Å². The van der Waals surface area contributed by atoms with E-state index < -0.39 is 5.97 Å². The van der Waals surface area contributed by atoms with Crippen LogP contribution in [-0.2, 0) is 11.4 Å². The van der Waals surface area contributed by atoms with Crippen LogP contribution in [0.15, 0.2) is 28.7 Å². The van der Waals surface area contributed by atoms with Gasteiger partial charge in [0.25, 0.3) is 0 Å². The molecule has 1 N–H and O–H groups in total. The molecule has 8 heteroatoms. The largest absolute Gasteiger partial charge is 0.491 e. The molecule has 1 atom stereocenters. The van der Waals surface area contributed by atoms with Gasteiger partial charge in [0.05, 0.1) is 18.1 Å². The van der Waals surface area contributed by atoms with E-state index in [-0.39, 0.29) is 18.9 Å². The van der Waals surface area contributed by atoms with Gasteiger partial charge in [-0.15, -0.1) is 0 Å². The molecule has 1 aliphatic rings. The van der Waals surface area contributed by atoms with E-state index in [0.29, 0.717) is 37.6 Å². The standard InChI is InChI=1S/C17H12BrCl3O4/c18-15-16-11(9(7-24-16)3-14(22)23)5-13(21)17(15)25-6-8-1-2-10(19)4-12(8)20/h1-2,4-5,9H,3,6-7H2,(H,22,23)/t9-/m1/s1. The molecule has 1 aliphatic heterocycles. The van der Waals surface area contributed by atoms with Crippen molar-refractivity contribution in [2.75, 3.05) is 6.61 Å². The maximum atomic E-state index is 11.0. The second-order valence-electron chi connectivity index (χ2n) is 5.55. The summed E-state index contributed by atoms with van der Waals surface area (Å²) in [5.74, 6) is -0.136. The first-order chi connectivity index (χ1) is 11.9. The zero-order valence-electron chi connectivity index (χ0n) is 12.7. The van der Waals surface area contributed by atoms with E-state index >= 15 is 0 Å². The van der Waals surface area contributed by atoms with Crippen molar-refractivity contribution >= 4 is 56.7 Å². The first-order valence-corrected chi connectivity index (χ1v) is 9.22. The molecule has 0 amide bonds. The number of rotatable bonds is 5. The van der Waals surface area contributed by atoms with Crippen LogP contribution in [0.3, 0.4) is 0 Å². The molecule has 0 aromatic heterocycles. The Morgan fingerprint density at radius 3 is 2.72 bits per heavy atom. The minimum absolute atomic E-state index is 0.0175. The van der Waals surface area contributed by atoms with Gasteiger partial charge in [0, 0.05) is 27.1 Å². The van der Waals surface area contributed by atoms with Crippen molar-refractivity contribution in [1.82, 2.24) is 0 Å². The van der Waals surface area contributed by atoms with Crippen molar-refractivity contribution in [3.8, 4) is 11.5 Å². The van der Waals surface area contributed by atoms with Crippen LogP contribution in [0.25, 0.3) is 0 Å². The molecule has 0 aliphatic carbocycles. The van der Waals surface area contributed by atoms with Gasteiger partial charge in [-0.3, -0.25) is 4.79 Å². The summed E-state index contributed by atoms with van der Waals surface area (Å²) in [6, 6.07) is 6.84. The lowest BCUT2D eigenvalue weighted by Gasteiger charge is -2.14. The van der Waals surface area contributed by atoms with Crippen LogP contribution < -0.4 is 9.47 Å². The van der Waals surface area contributed by atoms with Crippen LogP contribution in [-0.4, -0.2) is 17.7 Å². The summed E-state index contributed by atoms with van der Waals surface area (Å²) in [7, 11) is 0. The second kappa shape index (κ2) is 7.62. The van der Waals surface area contributed by atoms with Gasteiger partial charge in [0.1, 0.15) is 16.8 Å². The molecule has 1 heterocycles. The number of hydrogen-bond acceptors (Lipinski definition) is 3. The summed E-state index contributed by atoms with van der Waals surface area (Å²) >= 11 is 21.8. The number of aliphatic carboxylic acids is 1. The molecule has 132 valence electrons. The Morgan fingerprint density at radius 1 is 1.28 bits per heavy atom. The SMILES string of the molecule is O=C(O)C[C@@H]1COc2c1cc(Cl)c(OCc1ccc(Cl)cc1Cl)c2Br. The third kappa shape index (κ3) is 4.00. The summed E-state index contributed by atoms with van der Waals surface area (Å²) in [6.45, 7) is 0.495. The zero-order valence-corrected chi connectivity index (χ0v) is 16.5. The first-order valence-electron chi connectivity index (χ1n) is 7.30. The summed E-state index contributed by atoms with van der Waals surface area (Å²) < 4.78 is 12.0. The van der Waals surface area contributed by atoms with Crippen molar-refractivity contribution in [3.05, 3.63) is 54.9 Å². The Kier molecular flexibility index (Phi) is 5.68. The number of hydrogen-bond donors (Lipinski definition) is 1. The highest BCUT2D eigenvalue weighted by molar-refractivity contribution is 9.10. The number of halogens is 4. The molecule has 4 nitrogen and oxygen atoms in total. The van der Waals surface area contributed by atoms with Crippen LogP contribution in [0.1, 0.15) is 23.5 Å². The van der Waals surface area contributed by atoms with Gasteiger partial charge in [-0.2, -0.15) is 0 Å². The predicted molar refractivity (Wildman–Crippen MR) is 100 cm³/mol. The lowest BCUT2D eigenvalue weighted by molar-refractivity contribution is -0.137.